The molecule has 2 heterocycles. The molecule has 0 atom stereocenters. The molecule has 0 radical (unpaired) electrons. The van der Waals surface area contributed by atoms with Crippen molar-refractivity contribution in [3.8, 4) is 0 Å². The molecule has 8 aromatic rings. The maximum atomic E-state index is 2.36. The van der Waals surface area contributed by atoms with Crippen LogP contribution >= 0.6 is 0 Å². The summed E-state index contributed by atoms with van der Waals surface area (Å²) in [5.74, 6) is 0. The topological polar surface area (TPSA) is 8.81 Å². The Balaban J connectivity index is 1.71. The number of allylic oxidation sites excluding steroid dienone is 4. The lowest BCUT2D eigenvalue weighted by atomic mass is 9.12. The van der Waals surface area contributed by atoms with E-state index in [0.29, 0.717) is 0 Å². The highest BCUT2D eigenvalue weighted by Crippen LogP contribution is 2.56. The molecule has 0 amide bonds. The standard InChI is InChI=1S/C53H43BN2/c1-55-38-39-56(2)53(55)54(46-36-22-9-23-37-46)51(44-32-18-7-19-33-44)49(42-28-14-5-15-29-42)47(40-24-10-3-11-25-40)48(41-26-12-4-13-27-41)50(43-30-16-6-17-31-43)52(54)45-34-20-8-21-35-45/h3-39H,1-2H3. The molecule has 0 saturated carbocycles. The summed E-state index contributed by atoms with van der Waals surface area (Å²) in [6.45, 7) is 0. The number of nitrogens with zero attached hydrogens (tertiary/aromatic N) is 2. The fraction of sp³-hybridized carbons (Fsp3) is 0.0377. The quantitative estimate of drug-likeness (QED) is 0.109. The second-order valence-corrected chi connectivity index (χ2v) is 14.7. The second-order valence-electron chi connectivity index (χ2n) is 14.7. The second kappa shape index (κ2) is 15.0. The van der Waals surface area contributed by atoms with E-state index in [1.807, 2.05) is 0 Å². The Bertz CT molecular complexity index is 2530. The molecule has 56 heavy (non-hydrogen) atoms. The van der Waals surface area contributed by atoms with Crippen molar-refractivity contribution < 1.29 is 4.57 Å². The van der Waals surface area contributed by atoms with Crippen LogP contribution in [-0.2, 0) is 14.1 Å². The molecule has 0 N–H and O–H groups in total. The molecule has 0 bridgehead atoms. The SMILES string of the molecule is Cn1cc[n+](C)c1[B-]1(c2ccccc2)C(c2ccccc2)=C(c2ccccc2)C(c2ccccc2)=C(c2ccccc2)C(c2ccccc2)=C1c1ccccc1. The first kappa shape index (κ1) is 34.8. The van der Waals surface area contributed by atoms with E-state index in [-0.39, 0.29) is 0 Å². The van der Waals surface area contributed by atoms with E-state index in [0.717, 1.165) is 11.1 Å². The first-order valence-corrected chi connectivity index (χ1v) is 19.5. The Morgan fingerprint density at radius 2 is 0.643 bits per heavy atom. The third kappa shape index (κ3) is 5.89. The molecule has 1 aromatic heterocycles. The van der Waals surface area contributed by atoms with Gasteiger partial charge in [-0.1, -0.05) is 223 Å². The third-order valence-corrected chi connectivity index (χ3v) is 11.5. The van der Waals surface area contributed by atoms with Gasteiger partial charge in [0.2, 0.25) is 6.15 Å². The summed E-state index contributed by atoms with van der Waals surface area (Å²) in [6.07, 6.45) is 2.38. The molecule has 268 valence electrons. The Morgan fingerprint density at radius 1 is 0.357 bits per heavy atom. The minimum absolute atomic E-state index is 1.16. The Labute approximate surface area is 330 Å². The Morgan fingerprint density at radius 3 is 0.946 bits per heavy atom. The highest BCUT2D eigenvalue weighted by molar-refractivity contribution is 7.27. The van der Waals surface area contributed by atoms with Crippen molar-refractivity contribution in [2.45, 2.75) is 0 Å². The molecule has 0 aliphatic carbocycles. The van der Waals surface area contributed by atoms with Crippen LogP contribution in [0.15, 0.2) is 225 Å². The van der Waals surface area contributed by atoms with E-state index >= 15 is 0 Å². The predicted octanol–water partition coefficient (Wildman–Crippen LogP) is 10.3. The average Bonchev–Trinajstić information content (AvgIpc) is 3.56. The van der Waals surface area contributed by atoms with Crippen LogP contribution in [0.5, 0.6) is 0 Å². The summed E-state index contributed by atoms with van der Waals surface area (Å²) in [4.78, 5) is 0. The van der Waals surface area contributed by atoms with E-state index in [1.165, 1.54) is 66.7 Å². The number of aromatic nitrogens is 2. The van der Waals surface area contributed by atoms with Crippen LogP contribution in [0.3, 0.4) is 0 Å². The van der Waals surface area contributed by atoms with Gasteiger partial charge in [-0.05, 0) is 44.5 Å². The third-order valence-electron chi connectivity index (χ3n) is 11.5. The zero-order chi connectivity index (χ0) is 37.9. The maximum Gasteiger partial charge on any atom is 0.203 e. The minimum Gasteiger partial charge on any atom is -0.272 e. The lowest BCUT2D eigenvalue weighted by Crippen LogP contribution is -2.71. The van der Waals surface area contributed by atoms with E-state index in [1.54, 1.807) is 0 Å². The molecule has 0 fully saturated rings. The number of benzene rings is 7. The lowest BCUT2D eigenvalue weighted by molar-refractivity contribution is -0.653. The number of rotatable bonds is 8. The number of aryl methyl sites for hydroxylation is 2. The van der Waals surface area contributed by atoms with Gasteiger partial charge in [-0.3, -0.25) is 9.13 Å². The molecule has 1 aliphatic heterocycles. The van der Waals surface area contributed by atoms with Gasteiger partial charge in [0, 0.05) is 0 Å². The minimum atomic E-state index is -2.04. The first-order chi connectivity index (χ1) is 27.7. The van der Waals surface area contributed by atoms with E-state index < -0.39 is 6.15 Å². The zero-order valence-corrected chi connectivity index (χ0v) is 31.8. The van der Waals surface area contributed by atoms with E-state index in [4.69, 9.17) is 0 Å². The Hall–Kier alpha value is -6.97. The van der Waals surface area contributed by atoms with Crippen molar-refractivity contribution in [3.63, 3.8) is 0 Å². The zero-order valence-electron chi connectivity index (χ0n) is 31.8. The van der Waals surface area contributed by atoms with Gasteiger partial charge >= 0.3 is 0 Å². The van der Waals surface area contributed by atoms with Gasteiger partial charge in [-0.15, -0.1) is 0 Å². The summed E-state index contributed by atoms with van der Waals surface area (Å²) >= 11 is 0. The summed E-state index contributed by atoms with van der Waals surface area (Å²) < 4.78 is 4.72. The van der Waals surface area contributed by atoms with Crippen LogP contribution in [0.2, 0.25) is 0 Å². The maximum absolute atomic E-state index is 2.36. The molecule has 0 unspecified atom stereocenters. The molecule has 0 spiro atoms. The molecule has 7 aromatic carbocycles. The molecule has 1 aliphatic rings. The normalized spacial score (nSPS) is 14.2. The van der Waals surface area contributed by atoms with Crippen molar-refractivity contribution in [3.05, 3.63) is 258 Å². The largest absolute Gasteiger partial charge is 0.272 e. The lowest BCUT2D eigenvalue weighted by Gasteiger charge is -2.46. The van der Waals surface area contributed by atoms with Crippen LogP contribution < -0.4 is 15.8 Å². The molecular weight excluding hydrogens is 675 g/mol. The molecule has 0 saturated heterocycles. The number of hydrogen-bond acceptors (Lipinski definition) is 0. The fourth-order valence-corrected chi connectivity index (χ4v) is 9.41. The van der Waals surface area contributed by atoms with E-state index in [9.17, 15) is 0 Å². The van der Waals surface area contributed by atoms with Gasteiger partial charge in [0.05, 0.1) is 19.8 Å². The Kier molecular flexibility index (Phi) is 9.35. The summed E-state index contributed by atoms with van der Waals surface area (Å²) in [5.41, 5.74) is 16.8. The highest BCUT2D eigenvalue weighted by Gasteiger charge is 2.49. The van der Waals surface area contributed by atoms with Crippen molar-refractivity contribution in [1.29, 1.82) is 0 Å². The molecule has 2 nitrogen and oxygen atoms in total. The van der Waals surface area contributed by atoms with Gasteiger partial charge in [0.15, 0.2) is 0 Å². The first-order valence-electron chi connectivity index (χ1n) is 19.5. The van der Waals surface area contributed by atoms with Crippen LogP contribution in [0.25, 0.3) is 33.2 Å². The van der Waals surface area contributed by atoms with Gasteiger partial charge in [-0.2, -0.15) is 16.4 Å². The van der Waals surface area contributed by atoms with Crippen LogP contribution in [0, 0.1) is 0 Å². The van der Waals surface area contributed by atoms with Gasteiger partial charge in [0.25, 0.3) is 0 Å². The van der Waals surface area contributed by atoms with Crippen molar-refractivity contribution >= 4 is 50.6 Å². The van der Waals surface area contributed by atoms with Crippen LogP contribution in [-0.4, -0.2) is 10.7 Å². The summed E-state index contributed by atoms with van der Waals surface area (Å²) in [7, 11) is 4.43. The van der Waals surface area contributed by atoms with Crippen molar-refractivity contribution in [2.24, 2.45) is 14.1 Å². The average molecular weight is 719 g/mol. The van der Waals surface area contributed by atoms with E-state index in [2.05, 4.69) is 248 Å². The van der Waals surface area contributed by atoms with Crippen molar-refractivity contribution in [1.82, 2.24) is 4.57 Å². The predicted molar refractivity (Wildman–Crippen MR) is 237 cm³/mol. The van der Waals surface area contributed by atoms with Crippen LogP contribution in [0.1, 0.15) is 33.4 Å². The molecule has 9 rings (SSSR count). The molecule has 3 heteroatoms. The monoisotopic (exact) mass is 718 g/mol. The summed E-state index contributed by atoms with van der Waals surface area (Å²) in [5, 5.41) is 0. The highest BCUT2D eigenvalue weighted by atomic mass is 15.1. The fourth-order valence-electron chi connectivity index (χ4n) is 9.41. The molecular formula is C53H43BN2. The van der Waals surface area contributed by atoms with Gasteiger partial charge in [-0.25, -0.2) is 0 Å². The van der Waals surface area contributed by atoms with Gasteiger partial charge in [0.1, 0.15) is 12.4 Å². The van der Waals surface area contributed by atoms with Crippen molar-refractivity contribution in [2.75, 3.05) is 0 Å². The van der Waals surface area contributed by atoms with Gasteiger partial charge < -0.3 is 0 Å². The summed E-state index contributed by atoms with van der Waals surface area (Å²) in [6, 6.07) is 78.0. The van der Waals surface area contributed by atoms with Crippen LogP contribution in [0.4, 0.5) is 0 Å². The smallest absolute Gasteiger partial charge is 0.203 e. The number of hydrogen-bond donors (Lipinski definition) is 0. The number of imidazole rings is 1.